The van der Waals surface area contributed by atoms with Crippen LogP contribution in [0.1, 0.15) is 47.5 Å². The summed E-state index contributed by atoms with van der Waals surface area (Å²) in [5.41, 5.74) is 4.26. The van der Waals surface area contributed by atoms with Crippen molar-refractivity contribution < 1.29 is 15.3 Å². The van der Waals surface area contributed by atoms with Crippen LogP contribution in [-0.4, -0.2) is 101 Å². The number of aromatic nitrogens is 6. The molecule has 12 nitrogen and oxygen atoms in total. The molecule has 2 aromatic carbocycles. The molecule has 7 rings (SSSR count). The predicted molar refractivity (Wildman–Crippen MR) is 176 cm³/mol. The fourth-order valence-electron chi connectivity index (χ4n) is 6.92. The fourth-order valence-corrected chi connectivity index (χ4v) is 6.92. The first kappa shape index (κ1) is 30.3. The number of aliphatic hydroxyl groups excluding tert-OH is 3. The Morgan fingerprint density at radius 3 is 2.28 bits per heavy atom. The van der Waals surface area contributed by atoms with Crippen molar-refractivity contribution in [1.82, 2.24) is 34.2 Å². The Morgan fingerprint density at radius 1 is 0.957 bits per heavy atom. The van der Waals surface area contributed by atoms with Crippen molar-refractivity contribution in [3.8, 4) is 0 Å². The SMILES string of the molecule is CN(C)[C@@H]1CCN(c2nc(NCC(c3ccccc3)c3ccccc3)c3ncn([C@@H]4C[C@H](n5cc(CO)cn5)[C@@H](O)[C@H]4O)c3n2)C1. The van der Waals surface area contributed by atoms with Crippen LogP contribution in [0.5, 0.6) is 0 Å². The number of aliphatic hydroxyl groups is 3. The van der Waals surface area contributed by atoms with E-state index in [0.29, 0.717) is 47.5 Å². The Kier molecular flexibility index (Phi) is 8.43. The molecule has 4 heterocycles. The summed E-state index contributed by atoms with van der Waals surface area (Å²) in [7, 11) is 4.19. The number of likely N-dealkylation sites (N-methyl/N-ethyl adjacent to an activating group) is 1. The fraction of sp³-hybridized carbons (Fsp3) is 0.412. The second kappa shape index (κ2) is 12.8. The van der Waals surface area contributed by atoms with E-state index in [1.54, 1.807) is 23.4 Å². The smallest absolute Gasteiger partial charge is 0.229 e. The summed E-state index contributed by atoms with van der Waals surface area (Å²) in [6.07, 6.45) is 4.29. The summed E-state index contributed by atoms with van der Waals surface area (Å²) < 4.78 is 3.51. The third kappa shape index (κ3) is 5.73. The highest BCUT2D eigenvalue weighted by Crippen LogP contribution is 2.40. The quantitative estimate of drug-likeness (QED) is 0.184. The van der Waals surface area contributed by atoms with Gasteiger partial charge in [-0.2, -0.15) is 15.1 Å². The number of hydrogen-bond donors (Lipinski definition) is 4. The molecule has 46 heavy (non-hydrogen) atoms. The van der Waals surface area contributed by atoms with Crippen LogP contribution in [0.15, 0.2) is 79.4 Å². The minimum absolute atomic E-state index is 0.0771. The van der Waals surface area contributed by atoms with Crippen LogP contribution in [0.3, 0.4) is 0 Å². The summed E-state index contributed by atoms with van der Waals surface area (Å²) in [4.78, 5) is 19.3. The van der Waals surface area contributed by atoms with E-state index in [4.69, 9.17) is 15.0 Å². The third-order valence-electron chi connectivity index (χ3n) is 9.62. The molecule has 0 unspecified atom stereocenters. The van der Waals surface area contributed by atoms with E-state index in [0.717, 1.165) is 19.5 Å². The largest absolute Gasteiger partial charge is 0.392 e. The van der Waals surface area contributed by atoms with Gasteiger partial charge in [0.15, 0.2) is 17.0 Å². The van der Waals surface area contributed by atoms with Gasteiger partial charge in [0.1, 0.15) is 12.2 Å². The zero-order valence-electron chi connectivity index (χ0n) is 26.1. The molecule has 1 aliphatic heterocycles. The Balaban J connectivity index is 1.25. The topological polar surface area (TPSA) is 141 Å². The lowest BCUT2D eigenvalue weighted by Gasteiger charge is -2.23. The minimum atomic E-state index is -1.07. The lowest BCUT2D eigenvalue weighted by Crippen LogP contribution is -2.32. The number of fused-ring (bicyclic) bond motifs is 1. The zero-order valence-corrected chi connectivity index (χ0v) is 26.1. The van der Waals surface area contributed by atoms with Gasteiger partial charge >= 0.3 is 0 Å². The van der Waals surface area contributed by atoms with E-state index in [1.807, 2.05) is 16.7 Å². The van der Waals surface area contributed by atoms with Crippen molar-refractivity contribution in [1.29, 1.82) is 0 Å². The number of anilines is 2. The van der Waals surface area contributed by atoms with Crippen LogP contribution >= 0.6 is 0 Å². The van der Waals surface area contributed by atoms with Gasteiger partial charge in [-0.1, -0.05) is 60.7 Å². The Morgan fingerprint density at radius 2 is 1.65 bits per heavy atom. The van der Waals surface area contributed by atoms with Crippen molar-refractivity contribution in [2.24, 2.45) is 0 Å². The van der Waals surface area contributed by atoms with Gasteiger partial charge in [0, 0.05) is 43.4 Å². The first-order valence-corrected chi connectivity index (χ1v) is 15.9. The molecule has 3 aromatic heterocycles. The number of imidazole rings is 1. The van der Waals surface area contributed by atoms with E-state index in [-0.39, 0.29) is 12.5 Å². The van der Waals surface area contributed by atoms with Crippen LogP contribution < -0.4 is 10.2 Å². The second-order valence-corrected chi connectivity index (χ2v) is 12.6. The molecule has 2 fully saturated rings. The van der Waals surface area contributed by atoms with Gasteiger partial charge in [-0.15, -0.1) is 0 Å². The number of nitrogens with zero attached hydrogens (tertiary/aromatic N) is 8. The monoisotopic (exact) mass is 623 g/mol. The minimum Gasteiger partial charge on any atom is -0.392 e. The number of hydrogen-bond acceptors (Lipinski definition) is 10. The molecule has 5 aromatic rings. The number of nitrogens with one attached hydrogen (secondary N) is 1. The normalized spacial score (nSPS) is 23.3. The van der Waals surface area contributed by atoms with Crippen LogP contribution in [0.2, 0.25) is 0 Å². The Labute approximate surface area is 268 Å². The summed E-state index contributed by atoms with van der Waals surface area (Å²) in [5, 5.41) is 39.9. The van der Waals surface area contributed by atoms with Gasteiger partial charge in [-0.3, -0.25) is 4.68 Å². The van der Waals surface area contributed by atoms with E-state index in [1.165, 1.54) is 11.1 Å². The van der Waals surface area contributed by atoms with Crippen molar-refractivity contribution in [2.45, 2.75) is 55.7 Å². The van der Waals surface area contributed by atoms with Crippen LogP contribution in [0.4, 0.5) is 11.8 Å². The molecular formula is C34H41N9O3. The second-order valence-electron chi connectivity index (χ2n) is 12.6. The van der Waals surface area contributed by atoms with Gasteiger partial charge in [-0.25, -0.2) is 4.98 Å². The summed E-state index contributed by atoms with van der Waals surface area (Å²) in [6, 6.07) is 20.3. The van der Waals surface area contributed by atoms with Crippen molar-refractivity contribution in [3.63, 3.8) is 0 Å². The van der Waals surface area contributed by atoms with Gasteiger partial charge in [0.2, 0.25) is 5.95 Å². The molecule has 2 aliphatic rings. The summed E-state index contributed by atoms with van der Waals surface area (Å²) in [6.45, 7) is 2.09. The van der Waals surface area contributed by atoms with Crippen LogP contribution in [-0.2, 0) is 6.61 Å². The zero-order chi connectivity index (χ0) is 31.8. The number of rotatable bonds is 10. The number of benzene rings is 2. The molecule has 1 saturated carbocycles. The average molecular weight is 624 g/mol. The lowest BCUT2D eigenvalue weighted by atomic mass is 9.91. The maximum Gasteiger partial charge on any atom is 0.229 e. The molecule has 5 atom stereocenters. The van der Waals surface area contributed by atoms with E-state index in [2.05, 4.69) is 82.8 Å². The standard InChI is InChI=1S/C34H41N9O3/c1-40(2)25-13-14-41(19-25)34-38-32(35-17-26(23-9-5-3-6-10-23)24-11-7-4-8-12-24)29-33(39-34)42(21-36-29)27-15-28(31(46)30(27)45)43-18-22(20-44)16-37-43/h3-12,16,18,21,25-28,30-31,44-46H,13-15,17,19-20H2,1-2H3,(H,35,38,39)/t25-,27-,28+,30+,31-/m1/s1. The Hall–Kier alpha value is -4.36. The third-order valence-corrected chi connectivity index (χ3v) is 9.62. The maximum absolute atomic E-state index is 11.3. The highest BCUT2D eigenvalue weighted by molar-refractivity contribution is 5.84. The molecule has 0 amide bonds. The highest BCUT2D eigenvalue weighted by atomic mass is 16.3. The van der Waals surface area contributed by atoms with Crippen LogP contribution in [0, 0.1) is 0 Å². The van der Waals surface area contributed by atoms with E-state index in [9.17, 15) is 15.3 Å². The molecule has 240 valence electrons. The molecule has 12 heteroatoms. The molecular weight excluding hydrogens is 582 g/mol. The van der Waals surface area contributed by atoms with Crippen molar-refractivity contribution in [3.05, 3.63) is 96.1 Å². The van der Waals surface area contributed by atoms with E-state index >= 15 is 0 Å². The maximum atomic E-state index is 11.3. The molecule has 1 aliphatic carbocycles. The predicted octanol–water partition coefficient (Wildman–Crippen LogP) is 2.81. The van der Waals surface area contributed by atoms with Gasteiger partial charge in [0.25, 0.3) is 0 Å². The van der Waals surface area contributed by atoms with Crippen molar-refractivity contribution in [2.75, 3.05) is 43.9 Å². The molecule has 4 N–H and O–H groups in total. The first-order valence-electron chi connectivity index (χ1n) is 15.9. The van der Waals surface area contributed by atoms with Gasteiger partial charge in [0.05, 0.1) is 31.2 Å². The van der Waals surface area contributed by atoms with Gasteiger partial charge in [-0.05, 0) is 38.1 Å². The molecule has 1 saturated heterocycles. The average Bonchev–Trinajstić information content (AvgIpc) is 3.89. The molecule has 0 bridgehead atoms. The Bertz CT molecular complexity index is 1720. The highest BCUT2D eigenvalue weighted by Gasteiger charge is 2.44. The van der Waals surface area contributed by atoms with Crippen LogP contribution in [0.25, 0.3) is 11.2 Å². The summed E-state index contributed by atoms with van der Waals surface area (Å²) >= 11 is 0. The molecule has 0 radical (unpaired) electrons. The summed E-state index contributed by atoms with van der Waals surface area (Å²) in [5.74, 6) is 1.32. The molecule has 0 spiro atoms. The first-order chi connectivity index (χ1) is 22.4. The lowest BCUT2D eigenvalue weighted by molar-refractivity contribution is 0.00720. The van der Waals surface area contributed by atoms with Crippen molar-refractivity contribution >= 4 is 22.9 Å². The van der Waals surface area contributed by atoms with Gasteiger partial charge < -0.3 is 35.0 Å². The van der Waals surface area contributed by atoms with E-state index < -0.39 is 24.3 Å².